The topological polar surface area (TPSA) is 78.8 Å². The van der Waals surface area contributed by atoms with E-state index < -0.39 is 11.5 Å². The average Bonchev–Trinajstić information content (AvgIpc) is 2.59. The van der Waals surface area contributed by atoms with Crippen LogP contribution in [0.5, 0.6) is 11.5 Å². The summed E-state index contributed by atoms with van der Waals surface area (Å²) in [6.45, 7) is 1.92. The molecule has 0 aliphatic heterocycles. The number of phenolic OH excluding ortho intramolecular Hbond substituents is 1. The highest BCUT2D eigenvalue weighted by molar-refractivity contribution is 6.30. The lowest BCUT2D eigenvalue weighted by molar-refractivity contribution is -0.141. The van der Waals surface area contributed by atoms with Gasteiger partial charge in [-0.25, -0.2) is 0 Å². The van der Waals surface area contributed by atoms with Crippen molar-refractivity contribution in [3.63, 3.8) is 0 Å². The normalized spacial score (nSPS) is 13.2. The lowest BCUT2D eigenvalue weighted by Crippen LogP contribution is -2.43. The van der Waals surface area contributed by atoms with Crippen LogP contribution in [0.25, 0.3) is 0 Å². The van der Waals surface area contributed by atoms with Crippen molar-refractivity contribution in [1.82, 2.24) is 5.32 Å². The molecule has 0 saturated heterocycles. The van der Waals surface area contributed by atoms with E-state index in [1.807, 2.05) is 0 Å². The van der Waals surface area contributed by atoms with Crippen LogP contribution >= 0.6 is 11.6 Å². The molecule has 3 N–H and O–H groups in total. The zero-order chi connectivity index (χ0) is 17.7. The Kier molecular flexibility index (Phi) is 5.70. The van der Waals surface area contributed by atoms with Crippen LogP contribution in [0.3, 0.4) is 0 Å². The maximum atomic E-state index is 12.5. The SMILES string of the molecule is CC[C@](O)(C(=O)NCc1ccc(O)c(OC)c1)c1cccc(Cl)c1. The van der Waals surface area contributed by atoms with Crippen LogP contribution in [-0.2, 0) is 16.9 Å². The second-order valence-corrected chi connectivity index (χ2v) is 5.85. The summed E-state index contributed by atoms with van der Waals surface area (Å²) in [6, 6.07) is 11.4. The van der Waals surface area contributed by atoms with Gasteiger partial charge < -0.3 is 20.3 Å². The number of hydrogen-bond donors (Lipinski definition) is 3. The van der Waals surface area contributed by atoms with E-state index in [-0.39, 0.29) is 18.7 Å². The van der Waals surface area contributed by atoms with Crippen LogP contribution in [0.2, 0.25) is 5.02 Å². The molecule has 2 aromatic carbocycles. The molecule has 24 heavy (non-hydrogen) atoms. The smallest absolute Gasteiger partial charge is 0.256 e. The number of halogens is 1. The monoisotopic (exact) mass is 349 g/mol. The molecule has 6 heteroatoms. The zero-order valence-corrected chi connectivity index (χ0v) is 14.3. The summed E-state index contributed by atoms with van der Waals surface area (Å²) in [6.07, 6.45) is 0.206. The van der Waals surface area contributed by atoms with Crippen molar-refractivity contribution in [3.05, 3.63) is 58.6 Å². The summed E-state index contributed by atoms with van der Waals surface area (Å²) >= 11 is 5.95. The fourth-order valence-corrected chi connectivity index (χ4v) is 2.59. The predicted molar refractivity (Wildman–Crippen MR) is 92.1 cm³/mol. The van der Waals surface area contributed by atoms with Gasteiger partial charge in [-0.1, -0.05) is 36.7 Å². The van der Waals surface area contributed by atoms with E-state index in [1.54, 1.807) is 43.3 Å². The minimum Gasteiger partial charge on any atom is -0.504 e. The van der Waals surface area contributed by atoms with E-state index in [0.29, 0.717) is 16.3 Å². The third-order valence-corrected chi connectivity index (χ3v) is 4.12. The van der Waals surface area contributed by atoms with Crippen LogP contribution in [0.1, 0.15) is 24.5 Å². The highest BCUT2D eigenvalue weighted by Crippen LogP contribution is 2.28. The number of carbonyl (C=O) groups is 1. The molecule has 0 saturated carbocycles. The molecule has 0 fully saturated rings. The second-order valence-electron chi connectivity index (χ2n) is 5.41. The third kappa shape index (κ3) is 3.80. The molecule has 0 aromatic heterocycles. The van der Waals surface area contributed by atoms with E-state index >= 15 is 0 Å². The Bertz CT molecular complexity index is 735. The maximum Gasteiger partial charge on any atom is 0.256 e. The van der Waals surface area contributed by atoms with Gasteiger partial charge in [0, 0.05) is 11.6 Å². The van der Waals surface area contributed by atoms with E-state index in [1.165, 1.54) is 13.2 Å². The Hall–Kier alpha value is -2.24. The molecule has 0 aliphatic rings. The molecule has 0 heterocycles. The summed E-state index contributed by atoms with van der Waals surface area (Å²) in [4.78, 5) is 12.5. The maximum absolute atomic E-state index is 12.5. The van der Waals surface area contributed by atoms with Crippen molar-refractivity contribution in [3.8, 4) is 11.5 Å². The molecule has 0 spiro atoms. The molecular formula is C18H20ClNO4. The first-order valence-electron chi connectivity index (χ1n) is 7.53. The van der Waals surface area contributed by atoms with Gasteiger partial charge in [-0.3, -0.25) is 4.79 Å². The van der Waals surface area contributed by atoms with Gasteiger partial charge in [0.05, 0.1) is 7.11 Å². The van der Waals surface area contributed by atoms with E-state index in [0.717, 1.165) is 5.56 Å². The number of ether oxygens (including phenoxy) is 1. The number of carbonyl (C=O) groups excluding carboxylic acids is 1. The van der Waals surface area contributed by atoms with Gasteiger partial charge in [-0.05, 0) is 41.8 Å². The number of rotatable bonds is 6. The van der Waals surface area contributed by atoms with E-state index in [2.05, 4.69) is 5.32 Å². The highest BCUT2D eigenvalue weighted by Gasteiger charge is 2.35. The Morgan fingerprint density at radius 1 is 1.29 bits per heavy atom. The minimum atomic E-state index is -1.66. The second kappa shape index (κ2) is 7.55. The van der Waals surface area contributed by atoms with Crippen molar-refractivity contribution in [1.29, 1.82) is 0 Å². The number of methoxy groups -OCH3 is 1. The van der Waals surface area contributed by atoms with Gasteiger partial charge >= 0.3 is 0 Å². The molecule has 2 rings (SSSR count). The molecule has 0 radical (unpaired) electrons. The summed E-state index contributed by atoms with van der Waals surface area (Å²) in [5.41, 5.74) is -0.479. The molecule has 0 aliphatic carbocycles. The first-order chi connectivity index (χ1) is 11.4. The van der Waals surface area contributed by atoms with Gasteiger partial charge in [-0.2, -0.15) is 0 Å². The van der Waals surface area contributed by atoms with Crippen molar-refractivity contribution < 1.29 is 19.7 Å². The number of phenols is 1. The fourth-order valence-electron chi connectivity index (χ4n) is 2.40. The number of amides is 1. The summed E-state index contributed by atoms with van der Waals surface area (Å²) in [7, 11) is 1.45. The molecule has 0 unspecified atom stereocenters. The van der Waals surface area contributed by atoms with E-state index in [4.69, 9.17) is 16.3 Å². The number of aliphatic hydroxyl groups is 1. The number of nitrogens with one attached hydrogen (secondary N) is 1. The first kappa shape index (κ1) is 18.1. The molecule has 2 aromatic rings. The van der Waals surface area contributed by atoms with Gasteiger partial charge in [0.2, 0.25) is 0 Å². The highest BCUT2D eigenvalue weighted by atomic mass is 35.5. The van der Waals surface area contributed by atoms with Crippen molar-refractivity contribution in [2.24, 2.45) is 0 Å². The van der Waals surface area contributed by atoms with Crippen LogP contribution in [0.15, 0.2) is 42.5 Å². The summed E-state index contributed by atoms with van der Waals surface area (Å²) in [5.74, 6) is -0.168. The van der Waals surface area contributed by atoms with Crippen LogP contribution in [0.4, 0.5) is 0 Å². The Labute approximate surface area is 145 Å². The van der Waals surface area contributed by atoms with Crippen molar-refractivity contribution in [2.45, 2.75) is 25.5 Å². The molecule has 0 bridgehead atoms. The molecule has 5 nitrogen and oxygen atoms in total. The Morgan fingerprint density at radius 3 is 2.67 bits per heavy atom. The lowest BCUT2D eigenvalue weighted by Gasteiger charge is -2.26. The van der Waals surface area contributed by atoms with Crippen LogP contribution in [0, 0.1) is 0 Å². The Morgan fingerprint density at radius 2 is 2.04 bits per heavy atom. The predicted octanol–water partition coefficient (Wildman–Crippen LogP) is 2.97. The number of aromatic hydroxyl groups is 1. The lowest BCUT2D eigenvalue weighted by atomic mass is 9.90. The van der Waals surface area contributed by atoms with Gasteiger partial charge in [-0.15, -0.1) is 0 Å². The number of benzene rings is 2. The summed E-state index contributed by atoms with van der Waals surface area (Å²) in [5, 5.41) is 23.5. The first-order valence-corrected chi connectivity index (χ1v) is 7.91. The van der Waals surface area contributed by atoms with Crippen molar-refractivity contribution >= 4 is 17.5 Å². The molecular weight excluding hydrogens is 330 g/mol. The van der Waals surface area contributed by atoms with Crippen LogP contribution < -0.4 is 10.1 Å². The van der Waals surface area contributed by atoms with Gasteiger partial charge in [0.15, 0.2) is 17.1 Å². The zero-order valence-electron chi connectivity index (χ0n) is 13.5. The molecule has 1 atom stereocenters. The standard InChI is InChI=1S/C18H20ClNO4/c1-3-18(23,13-5-4-6-14(19)10-13)17(22)20-11-12-7-8-15(21)16(9-12)24-2/h4-10,21,23H,3,11H2,1-2H3,(H,20,22)/t18-/m1/s1. The summed E-state index contributed by atoms with van der Waals surface area (Å²) < 4.78 is 5.04. The largest absolute Gasteiger partial charge is 0.504 e. The van der Waals surface area contributed by atoms with Gasteiger partial charge in [0.25, 0.3) is 5.91 Å². The van der Waals surface area contributed by atoms with Crippen molar-refractivity contribution in [2.75, 3.05) is 7.11 Å². The average molecular weight is 350 g/mol. The quantitative estimate of drug-likeness (QED) is 0.749. The van der Waals surface area contributed by atoms with Crippen LogP contribution in [-0.4, -0.2) is 23.2 Å². The number of hydrogen-bond acceptors (Lipinski definition) is 4. The Balaban J connectivity index is 2.15. The molecule has 1 amide bonds. The van der Waals surface area contributed by atoms with E-state index in [9.17, 15) is 15.0 Å². The molecule has 128 valence electrons. The fraction of sp³-hybridized carbons (Fsp3) is 0.278. The third-order valence-electron chi connectivity index (χ3n) is 3.89. The van der Waals surface area contributed by atoms with Gasteiger partial charge in [0.1, 0.15) is 0 Å². The minimum absolute atomic E-state index is 0.0246.